The summed E-state index contributed by atoms with van der Waals surface area (Å²) in [7, 11) is 0. The number of hydrogen-bond acceptors (Lipinski definition) is 2. The van der Waals surface area contributed by atoms with Crippen molar-refractivity contribution in [2.45, 2.75) is 6.92 Å². The van der Waals surface area contributed by atoms with Gasteiger partial charge in [0, 0.05) is 10.8 Å². The van der Waals surface area contributed by atoms with Crippen LogP contribution in [0.2, 0.25) is 0 Å². The molecule has 0 aliphatic heterocycles. The van der Waals surface area contributed by atoms with Crippen LogP contribution in [-0.4, -0.2) is 0 Å². The van der Waals surface area contributed by atoms with Crippen molar-refractivity contribution in [3.05, 3.63) is 71.8 Å². The predicted octanol–water partition coefficient (Wildman–Crippen LogP) is 5.96. The van der Waals surface area contributed by atoms with Crippen LogP contribution in [-0.2, 0) is 0 Å². The van der Waals surface area contributed by atoms with Gasteiger partial charge in [-0.05, 0) is 36.8 Å². The number of rotatable bonds is 2. The van der Waals surface area contributed by atoms with Crippen LogP contribution >= 0.6 is 0 Å². The van der Waals surface area contributed by atoms with Gasteiger partial charge in [-0.15, -0.1) is 0 Å². The molecule has 23 heavy (non-hydrogen) atoms. The van der Waals surface area contributed by atoms with Gasteiger partial charge in [-0.3, -0.25) is 0 Å². The number of ether oxygens (including phenoxy) is 1. The molecule has 0 fully saturated rings. The average molecular weight is 310 g/mol. The molecule has 0 unspecified atom stereocenters. The van der Waals surface area contributed by atoms with Crippen molar-refractivity contribution in [3.8, 4) is 11.5 Å². The molecule has 0 radical (unpaired) electrons. The Morgan fingerprint density at radius 1 is 0.870 bits per heavy atom. The largest absolute Gasteiger partial charge is 0.452 e. The lowest BCUT2D eigenvalue weighted by Gasteiger charge is -2.09. The van der Waals surface area contributed by atoms with E-state index in [2.05, 4.69) is 0 Å². The van der Waals surface area contributed by atoms with E-state index in [1.807, 2.05) is 30.3 Å². The van der Waals surface area contributed by atoms with Crippen LogP contribution in [0.25, 0.3) is 21.9 Å². The van der Waals surface area contributed by atoms with Crippen molar-refractivity contribution in [1.82, 2.24) is 0 Å². The van der Waals surface area contributed by atoms with Crippen molar-refractivity contribution in [2.75, 3.05) is 0 Å². The highest BCUT2D eigenvalue weighted by Gasteiger charge is 2.16. The molecule has 114 valence electrons. The quantitative estimate of drug-likeness (QED) is 0.455. The second-order valence-electron chi connectivity index (χ2n) is 5.39. The third-order valence-electron chi connectivity index (χ3n) is 3.72. The van der Waals surface area contributed by atoms with Gasteiger partial charge in [-0.2, -0.15) is 0 Å². The molecular weight excluding hydrogens is 298 g/mol. The molecule has 0 aliphatic carbocycles. The van der Waals surface area contributed by atoms with E-state index in [9.17, 15) is 8.78 Å². The Hall–Kier alpha value is -2.88. The number of furan rings is 1. The number of para-hydroxylation sites is 2. The molecule has 0 spiro atoms. The zero-order valence-corrected chi connectivity index (χ0v) is 12.3. The van der Waals surface area contributed by atoms with Gasteiger partial charge in [-0.25, -0.2) is 8.78 Å². The second-order valence-corrected chi connectivity index (χ2v) is 5.39. The van der Waals surface area contributed by atoms with Crippen molar-refractivity contribution in [3.63, 3.8) is 0 Å². The van der Waals surface area contributed by atoms with Crippen LogP contribution in [0.4, 0.5) is 8.78 Å². The molecule has 1 aromatic heterocycles. The molecule has 0 bridgehead atoms. The average Bonchev–Trinajstić information content (AvgIpc) is 2.90. The number of halogens is 2. The lowest BCUT2D eigenvalue weighted by Crippen LogP contribution is -1.94. The first-order valence-corrected chi connectivity index (χ1v) is 7.17. The highest BCUT2D eigenvalue weighted by Crippen LogP contribution is 2.37. The molecule has 3 aromatic carbocycles. The van der Waals surface area contributed by atoms with E-state index in [4.69, 9.17) is 9.15 Å². The van der Waals surface area contributed by atoms with Crippen LogP contribution < -0.4 is 4.74 Å². The van der Waals surface area contributed by atoms with Crippen molar-refractivity contribution < 1.29 is 17.9 Å². The fourth-order valence-corrected chi connectivity index (χ4v) is 2.70. The summed E-state index contributed by atoms with van der Waals surface area (Å²) in [6, 6.07) is 15.3. The Morgan fingerprint density at radius 3 is 2.35 bits per heavy atom. The first-order chi connectivity index (χ1) is 11.1. The Bertz CT molecular complexity index is 1010. The topological polar surface area (TPSA) is 22.4 Å². The van der Waals surface area contributed by atoms with E-state index in [1.54, 1.807) is 19.1 Å². The number of aryl methyl sites for hydroxylation is 1. The van der Waals surface area contributed by atoms with E-state index in [0.29, 0.717) is 16.7 Å². The normalized spacial score (nSPS) is 11.3. The number of hydrogen-bond donors (Lipinski definition) is 0. The zero-order valence-electron chi connectivity index (χ0n) is 12.3. The van der Waals surface area contributed by atoms with E-state index in [1.165, 1.54) is 12.1 Å². The third-order valence-corrected chi connectivity index (χ3v) is 3.72. The van der Waals surface area contributed by atoms with E-state index >= 15 is 0 Å². The standard InChI is InChI=1S/C19H12F2O2/c1-11-9-14(20)19(15(21)10-11)23-17-8-4-6-13-12-5-2-3-7-16(12)22-18(13)17/h2-10H,1H3. The lowest BCUT2D eigenvalue weighted by atomic mass is 10.1. The number of benzene rings is 3. The van der Waals surface area contributed by atoms with Gasteiger partial charge < -0.3 is 9.15 Å². The maximum Gasteiger partial charge on any atom is 0.198 e. The SMILES string of the molecule is Cc1cc(F)c(Oc2cccc3c2oc2ccccc23)c(F)c1. The van der Waals surface area contributed by atoms with Crippen molar-refractivity contribution in [2.24, 2.45) is 0 Å². The van der Waals surface area contributed by atoms with Crippen LogP contribution in [0.1, 0.15) is 5.56 Å². The fourth-order valence-electron chi connectivity index (χ4n) is 2.70. The first-order valence-electron chi connectivity index (χ1n) is 7.17. The van der Waals surface area contributed by atoms with E-state index in [0.717, 1.165) is 10.8 Å². The van der Waals surface area contributed by atoms with Crippen LogP contribution in [0.3, 0.4) is 0 Å². The Kier molecular flexibility index (Phi) is 3.05. The molecule has 4 rings (SSSR count). The fraction of sp³-hybridized carbons (Fsp3) is 0.0526. The molecule has 2 nitrogen and oxygen atoms in total. The molecule has 0 saturated heterocycles. The van der Waals surface area contributed by atoms with Gasteiger partial charge in [0.2, 0.25) is 0 Å². The van der Waals surface area contributed by atoms with Crippen LogP contribution in [0.15, 0.2) is 59.0 Å². The molecule has 0 aliphatic rings. The minimum atomic E-state index is -0.740. The molecule has 4 aromatic rings. The highest BCUT2D eigenvalue weighted by molar-refractivity contribution is 6.06. The summed E-state index contributed by atoms with van der Waals surface area (Å²) in [5.41, 5.74) is 1.66. The van der Waals surface area contributed by atoms with Crippen molar-refractivity contribution >= 4 is 21.9 Å². The van der Waals surface area contributed by atoms with E-state index < -0.39 is 17.4 Å². The van der Waals surface area contributed by atoms with Gasteiger partial charge in [0.15, 0.2) is 28.7 Å². The summed E-state index contributed by atoms with van der Waals surface area (Å²) in [6.45, 7) is 1.62. The maximum absolute atomic E-state index is 14.0. The molecule has 0 N–H and O–H groups in total. The zero-order chi connectivity index (χ0) is 16.0. The summed E-state index contributed by atoms with van der Waals surface area (Å²) in [5, 5.41) is 1.77. The monoisotopic (exact) mass is 310 g/mol. The Morgan fingerprint density at radius 2 is 1.57 bits per heavy atom. The summed E-state index contributed by atoms with van der Waals surface area (Å²) in [4.78, 5) is 0. The molecular formula is C19H12F2O2. The van der Waals surface area contributed by atoms with Gasteiger partial charge in [0.05, 0.1) is 0 Å². The van der Waals surface area contributed by atoms with Gasteiger partial charge in [0.1, 0.15) is 5.58 Å². The smallest absolute Gasteiger partial charge is 0.198 e. The number of fused-ring (bicyclic) bond motifs is 3. The molecule has 0 saturated carbocycles. The Balaban J connectivity index is 1.90. The maximum atomic E-state index is 14.0. The van der Waals surface area contributed by atoms with Crippen LogP contribution in [0.5, 0.6) is 11.5 Å². The van der Waals surface area contributed by atoms with Crippen LogP contribution in [0, 0.1) is 18.6 Å². The molecule has 0 atom stereocenters. The molecule has 4 heteroatoms. The van der Waals surface area contributed by atoms with Crippen molar-refractivity contribution in [1.29, 1.82) is 0 Å². The minimum absolute atomic E-state index is 0.278. The predicted molar refractivity (Wildman–Crippen MR) is 84.9 cm³/mol. The summed E-state index contributed by atoms with van der Waals surface area (Å²) < 4.78 is 39.3. The summed E-state index contributed by atoms with van der Waals surface area (Å²) >= 11 is 0. The molecule has 1 heterocycles. The lowest BCUT2D eigenvalue weighted by molar-refractivity contribution is 0.405. The van der Waals surface area contributed by atoms with E-state index in [-0.39, 0.29) is 5.75 Å². The Labute approximate surface area is 130 Å². The first kappa shape index (κ1) is 13.8. The minimum Gasteiger partial charge on any atom is -0.452 e. The molecule has 0 amide bonds. The summed E-state index contributed by atoms with van der Waals surface area (Å²) in [5.74, 6) is -1.63. The third kappa shape index (κ3) is 2.23. The summed E-state index contributed by atoms with van der Waals surface area (Å²) in [6.07, 6.45) is 0. The highest BCUT2D eigenvalue weighted by atomic mass is 19.1. The van der Waals surface area contributed by atoms with Gasteiger partial charge in [0.25, 0.3) is 0 Å². The van der Waals surface area contributed by atoms with Gasteiger partial charge >= 0.3 is 0 Å². The second kappa shape index (κ2) is 5.09. The van der Waals surface area contributed by atoms with Gasteiger partial charge in [-0.1, -0.05) is 30.3 Å².